The van der Waals surface area contributed by atoms with Gasteiger partial charge in [-0.25, -0.2) is 4.98 Å². The Morgan fingerprint density at radius 2 is 2.06 bits per heavy atom. The third-order valence-electron chi connectivity index (χ3n) is 3.40. The van der Waals surface area contributed by atoms with Gasteiger partial charge in [-0.1, -0.05) is 6.07 Å². The van der Waals surface area contributed by atoms with Crippen LogP contribution in [-0.2, 0) is 0 Å². The first kappa shape index (κ1) is 10.1. The standard InChI is InChI=1S/C13H19N3/c14-8-9-16(11-6-7-11)13-3-1-2-12(15-13)10-4-5-10/h1-3,10-11H,4-9,14H2. The van der Waals surface area contributed by atoms with E-state index in [1.807, 2.05) is 0 Å². The summed E-state index contributed by atoms with van der Waals surface area (Å²) < 4.78 is 0. The molecule has 2 fully saturated rings. The van der Waals surface area contributed by atoms with E-state index in [0.717, 1.165) is 18.3 Å². The van der Waals surface area contributed by atoms with Crippen molar-refractivity contribution in [1.29, 1.82) is 0 Å². The second kappa shape index (κ2) is 4.06. The molecule has 0 aliphatic heterocycles. The van der Waals surface area contributed by atoms with E-state index in [4.69, 9.17) is 10.7 Å². The molecule has 2 aliphatic rings. The Morgan fingerprint density at radius 3 is 2.69 bits per heavy atom. The molecule has 86 valence electrons. The first-order valence-electron chi connectivity index (χ1n) is 6.32. The Morgan fingerprint density at radius 1 is 1.25 bits per heavy atom. The number of hydrogen-bond acceptors (Lipinski definition) is 3. The Kier molecular flexibility index (Phi) is 2.56. The van der Waals surface area contributed by atoms with E-state index < -0.39 is 0 Å². The molecular formula is C13H19N3. The molecule has 0 aromatic carbocycles. The Labute approximate surface area is 96.7 Å². The lowest BCUT2D eigenvalue weighted by molar-refractivity contribution is 0.766. The molecule has 2 N–H and O–H groups in total. The van der Waals surface area contributed by atoms with Gasteiger partial charge in [-0.3, -0.25) is 0 Å². The van der Waals surface area contributed by atoms with Crippen LogP contribution < -0.4 is 10.6 Å². The Bertz CT molecular complexity index is 369. The van der Waals surface area contributed by atoms with Gasteiger partial charge >= 0.3 is 0 Å². The highest BCUT2D eigenvalue weighted by molar-refractivity contribution is 5.43. The first-order chi connectivity index (χ1) is 7.88. The largest absolute Gasteiger partial charge is 0.352 e. The summed E-state index contributed by atoms with van der Waals surface area (Å²) in [5, 5.41) is 0. The maximum atomic E-state index is 5.67. The summed E-state index contributed by atoms with van der Waals surface area (Å²) in [7, 11) is 0. The highest BCUT2D eigenvalue weighted by atomic mass is 15.2. The second-order valence-electron chi connectivity index (χ2n) is 4.91. The molecule has 0 unspecified atom stereocenters. The molecule has 3 heteroatoms. The predicted molar refractivity (Wildman–Crippen MR) is 65.6 cm³/mol. The van der Waals surface area contributed by atoms with Crippen LogP contribution in [0.4, 0.5) is 5.82 Å². The maximum absolute atomic E-state index is 5.67. The molecule has 2 saturated carbocycles. The molecule has 1 heterocycles. The molecule has 1 aromatic rings. The molecule has 0 bridgehead atoms. The Balaban J connectivity index is 1.81. The lowest BCUT2D eigenvalue weighted by Gasteiger charge is -2.23. The third-order valence-corrected chi connectivity index (χ3v) is 3.40. The van der Waals surface area contributed by atoms with Crippen molar-refractivity contribution < 1.29 is 0 Å². The molecule has 0 atom stereocenters. The van der Waals surface area contributed by atoms with Crippen molar-refractivity contribution >= 4 is 5.82 Å². The molecule has 2 aliphatic carbocycles. The van der Waals surface area contributed by atoms with E-state index in [0.29, 0.717) is 12.6 Å². The third kappa shape index (κ3) is 2.05. The number of aromatic nitrogens is 1. The van der Waals surface area contributed by atoms with Crippen LogP contribution in [0.3, 0.4) is 0 Å². The predicted octanol–water partition coefficient (Wildman–Crippen LogP) is 1.89. The van der Waals surface area contributed by atoms with Crippen molar-refractivity contribution in [2.45, 2.75) is 37.6 Å². The highest BCUT2D eigenvalue weighted by Crippen LogP contribution is 2.40. The van der Waals surface area contributed by atoms with Crippen LogP contribution in [-0.4, -0.2) is 24.1 Å². The molecule has 0 amide bonds. The monoisotopic (exact) mass is 217 g/mol. The van der Waals surface area contributed by atoms with Crippen LogP contribution in [0.2, 0.25) is 0 Å². The second-order valence-corrected chi connectivity index (χ2v) is 4.91. The average molecular weight is 217 g/mol. The fourth-order valence-corrected chi connectivity index (χ4v) is 2.22. The SMILES string of the molecule is NCCN(c1cccc(C2CC2)n1)C1CC1. The van der Waals surface area contributed by atoms with Crippen molar-refractivity contribution in [1.82, 2.24) is 4.98 Å². The van der Waals surface area contributed by atoms with Crippen LogP contribution >= 0.6 is 0 Å². The minimum absolute atomic E-state index is 0.700. The zero-order valence-electron chi connectivity index (χ0n) is 9.60. The van der Waals surface area contributed by atoms with Gasteiger partial charge in [0.25, 0.3) is 0 Å². The summed E-state index contributed by atoms with van der Waals surface area (Å²) in [6.07, 6.45) is 5.23. The summed E-state index contributed by atoms with van der Waals surface area (Å²) in [5.74, 6) is 1.87. The first-order valence-corrected chi connectivity index (χ1v) is 6.32. The van der Waals surface area contributed by atoms with Crippen LogP contribution in [0, 0.1) is 0 Å². The summed E-state index contributed by atoms with van der Waals surface area (Å²) in [4.78, 5) is 7.17. The molecule has 16 heavy (non-hydrogen) atoms. The van der Waals surface area contributed by atoms with Gasteiger partial charge in [0.2, 0.25) is 0 Å². The van der Waals surface area contributed by atoms with Crippen LogP contribution in [0.15, 0.2) is 18.2 Å². The van der Waals surface area contributed by atoms with E-state index in [9.17, 15) is 0 Å². The fourth-order valence-electron chi connectivity index (χ4n) is 2.22. The molecule has 0 radical (unpaired) electrons. The van der Waals surface area contributed by atoms with E-state index in [1.165, 1.54) is 31.4 Å². The highest BCUT2D eigenvalue weighted by Gasteiger charge is 2.30. The van der Waals surface area contributed by atoms with Crippen LogP contribution in [0.1, 0.15) is 37.3 Å². The molecule has 3 rings (SSSR count). The maximum Gasteiger partial charge on any atom is 0.129 e. The summed E-state index contributed by atoms with van der Waals surface area (Å²) in [6, 6.07) is 7.13. The van der Waals surface area contributed by atoms with E-state index in [1.54, 1.807) is 0 Å². The zero-order chi connectivity index (χ0) is 11.0. The lowest BCUT2D eigenvalue weighted by Crippen LogP contribution is -2.32. The summed E-state index contributed by atoms with van der Waals surface area (Å²) in [5.41, 5.74) is 6.95. The fraction of sp³-hybridized carbons (Fsp3) is 0.615. The summed E-state index contributed by atoms with van der Waals surface area (Å²) in [6.45, 7) is 1.65. The number of pyridine rings is 1. The number of rotatable bonds is 5. The van der Waals surface area contributed by atoms with Crippen molar-refractivity contribution in [2.24, 2.45) is 5.73 Å². The number of anilines is 1. The van der Waals surface area contributed by atoms with Crippen molar-refractivity contribution in [3.63, 3.8) is 0 Å². The lowest BCUT2D eigenvalue weighted by atomic mass is 10.2. The van der Waals surface area contributed by atoms with Crippen molar-refractivity contribution in [3.8, 4) is 0 Å². The smallest absolute Gasteiger partial charge is 0.129 e. The molecule has 0 saturated heterocycles. The van der Waals surface area contributed by atoms with Gasteiger partial charge in [0.15, 0.2) is 0 Å². The Hall–Kier alpha value is -1.09. The quantitative estimate of drug-likeness (QED) is 0.819. The number of nitrogens with zero attached hydrogens (tertiary/aromatic N) is 2. The van der Waals surface area contributed by atoms with Crippen LogP contribution in [0.25, 0.3) is 0 Å². The number of nitrogens with two attached hydrogens (primary N) is 1. The topological polar surface area (TPSA) is 42.1 Å². The summed E-state index contributed by atoms with van der Waals surface area (Å²) >= 11 is 0. The normalized spacial score (nSPS) is 19.8. The van der Waals surface area contributed by atoms with Gasteiger partial charge < -0.3 is 10.6 Å². The zero-order valence-corrected chi connectivity index (χ0v) is 9.60. The molecule has 0 spiro atoms. The van der Waals surface area contributed by atoms with Gasteiger partial charge in [-0.15, -0.1) is 0 Å². The minimum Gasteiger partial charge on any atom is -0.352 e. The molecule has 1 aromatic heterocycles. The van der Waals surface area contributed by atoms with Gasteiger partial charge in [0.05, 0.1) is 0 Å². The van der Waals surface area contributed by atoms with E-state index >= 15 is 0 Å². The van der Waals surface area contributed by atoms with E-state index in [-0.39, 0.29) is 0 Å². The minimum atomic E-state index is 0.700. The van der Waals surface area contributed by atoms with E-state index in [2.05, 4.69) is 23.1 Å². The van der Waals surface area contributed by atoms with Gasteiger partial charge in [0.1, 0.15) is 5.82 Å². The van der Waals surface area contributed by atoms with Gasteiger partial charge in [0, 0.05) is 30.7 Å². The van der Waals surface area contributed by atoms with Crippen LogP contribution in [0.5, 0.6) is 0 Å². The molecular weight excluding hydrogens is 198 g/mol. The van der Waals surface area contributed by atoms with Gasteiger partial charge in [-0.2, -0.15) is 0 Å². The van der Waals surface area contributed by atoms with Crippen molar-refractivity contribution in [3.05, 3.63) is 23.9 Å². The van der Waals surface area contributed by atoms with Gasteiger partial charge in [-0.05, 0) is 37.8 Å². The number of hydrogen-bond donors (Lipinski definition) is 1. The average Bonchev–Trinajstić information content (AvgIpc) is 3.19. The van der Waals surface area contributed by atoms with Crippen molar-refractivity contribution in [2.75, 3.05) is 18.0 Å². The molecule has 3 nitrogen and oxygen atoms in total.